The van der Waals surface area contributed by atoms with Crippen molar-refractivity contribution in [1.29, 1.82) is 0 Å². The first-order chi connectivity index (χ1) is 9.70. The van der Waals surface area contributed by atoms with E-state index in [1.807, 2.05) is 6.07 Å². The van der Waals surface area contributed by atoms with E-state index in [2.05, 4.69) is 9.97 Å². The molecule has 3 N–H and O–H groups in total. The fourth-order valence-electron chi connectivity index (χ4n) is 2.68. The van der Waals surface area contributed by atoms with Gasteiger partial charge < -0.3 is 20.1 Å². The van der Waals surface area contributed by atoms with Gasteiger partial charge in [0.15, 0.2) is 0 Å². The smallest absolute Gasteiger partial charge is 0.256 e. The van der Waals surface area contributed by atoms with Crippen molar-refractivity contribution in [2.75, 3.05) is 19.7 Å². The van der Waals surface area contributed by atoms with E-state index in [-0.39, 0.29) is 25.0 Å². The zero-order valence-electron chi connectivity index (χ0n) is 11.0. The van der Waals surface area contributed by atoms with Gasteiger partial charge in [-0.15, -0.1) is 0 Å². The minimum absolute atomic E-state index is 0.0415. The average molecular weight is 275 g/mol. The van der Waals surface area contributed by atoms with Gasteiger partial charge in [-0.25, -0.2) is 4.98 Å². The van der Waals surface area contributed by atoms with Crippen LogP contribution in [0.5, 0.6) is 0 Å². The number of pyridine rings is 1. The largest absolute Gasteiger partial charge is 0.396 e. The third-order valence-electron chi connectivity index (χ3n) is 3.92. The Morgan fingerprint density at radius 2 is 2.40 bits per heavy atom. The molecule has 2 aromatic rings. The number of H-pyrrole nitrogens is 1. The fraction of sp³-hybridized carbons (Fsp3) is 0.429. The Kier molecular flexibility index (Phi) is 3.42. The summed E-state index contributed by atoms with van der Waals surface area (Å²) >= 11 is 0. The number of aromatic amines is 1. The van der Waals surface area contributed by atoms with Gasteiger partial charge in [0.05, 0.1) is 11.7 Å². The predicted octanol–water partition coefficient (Wildman–Crippen LogP) is 0.378. The quantitative estimate of drug-likeness (QED) is 0.739. The summed E-state index contributed by atoms with van der Waals surface area (Å²) in [6.45, 7) is 0.769. The van der Waals surface area contributed by atoms with Gasteiger partial charge in [-0.1, -0.05) is 0 Å². The van der Waals surface area contributed by atoms with E-state index in [0.717, 1.165) is 5.39 Å². The molecule has 1 saturated heterocycles. The first kappa shape index (κ1) is 13.1. The second kappa shape index (κ2) is 5.22. The number of rotatable bonds is 2. The molecular formula is C14H17N3O3. The molecule has 1 aliphatic rings. The summed E-state index contributed by atoms with van der Waals surface area (Å²) in [5.74, 6) is -0.247. The van der Waals surface area contributed by atoms with Crippen LogP contribution in [0.25, 0.3) is 11.0 Å². The van der Waals surface area contributed by atoms with Crippen molar-refractivity contribution in [2.24, 2.45) is 5.92 Å². The third kappa shape index (κ3) is 2.17. The van der Waals surface area contributed by atoms with Gasteiger partial charge in [0.2, 0.25) is 0 Å². The highest BCUT2D eigenvalue weighted by Gasteiger charge is 2.30. The molecule has 2 atom stereocenters. The van der Waals surface area contributed by atoms with Crippen molar-refractivity contribution in [3.63, 3.8) is 0 Å². The average Bonchev–Trinajstić information content (AvgIpc) is 2.90. The summed E-state index contributed by atoms with van der Waals surface area (Å²) in [5.41, 5.74) is 1.25. The molecule has 0 bridgehead atoms. The molecule has 2 unspecified atom stereocenters. The Hall–Kier alpha value is -1.92. The SMILES string of the molecule is O=C(c1c[nH]c2ncccc12)N1CCC(CO)C(O)C1. The molecule has 2 aromatic heterocycles. The number of hydrogen-bond donors (Lipinski definition) is 3. The van der Waals surface area contributed by atoms with Gasteiger partial charge in [-0.05, 0) is 18.6 Å². The number of hydrogen-bond acceptors (Lipinski definition) is 4. The van der Waals surface area contributed by atoms with Crippen LogP contribution in [0.15, 0.2) is 24.5 Å². The van der Waals surface area contributed by atoms with Crippen LogP contribution >= 0.6 is 0 Å². The lowest BCUT2D eigenvalue weighted by molar-refractivity contribution is 0.000951. The van der Waals surface area contributed by atoms with Crippen molar-refractivity contribution in [2.45, 2.75) is 12.5 Å². The zero-order valence-corrected chi connectivity index (χ0v) is 11.0. The number of nitrogens with one attached hydrogen (secondary N) is 1. The van der Waals surface area contributed by atoms with Gasteiger partial charge in [0.1, 0.15) is 5.65 Å². The number of β-amino-alcohol motifs (C(OH)–C–C–N with tert-alkyl or cyclic N) is 1. The summed E-state index contributed by atoms with van der Waals surface area (Å²) in [4.78, 5) is 21.3. The molecule has 1 amide bonds. The van der Waals surface area contributed by atoms with Crippen LogP contribution in [0.4, 0.5) is 0 Å². The Balaban J connectivity index is 1.83. The Morgan fingerprint density at radius 3 is 3.15 bits per heavy atom. The molecule has 20 heavy (non-hydrogen) atoms. The number of aliphatic hydroxyl groups excluding tert-OH is 2. The zero-order chi connectivity index (χ0) is 14.1. The molecule has 3 heterocycles. The lowest BCUT2D eigenvalue weighted by Crippen LogP contribution is -2.47. The maximum atomic E-state index is 12.5. The lowest BCUT2D eigenvalue weighted by Gasteiger charge is -2.35. The highest BCUT2D eigenvalue weighted by molar-refractivity contribution is 6.05. The van der Waals surface area contributed by atoms with E-state index in [1.54, 1.807) is 23.4 Å². The third-order valence-corrected chi connectivity index (χ3v) is 3.92. The molecule has 1 fully saturated rings. The Morgan fingerprint density at radius 1 is 1.55 bits per heavy atom. The number of carbonyl (C=O) groups excluding carboxylic acids is 1. The molecule has 0 saturated carbocycles. The molecule has 6 heteroatoms. The standard InChI is InChI=1S/C14H17N3O3/c18-8-9-3-5-17(7-12(9)19)14(20)11-6-16-13-10(11)2-1-4-15-13/h1-2,4,6,9,12,18-19H,3,5,7-8H2,(H,15,16). The van der Waals surface area contributed by atoms with E-state index >= 15 is 0 Å². The molecular weight excluding hydrogens is 258 g/mol. The van der Waals surface area contributed by atoms with Gasteiger partial charge in [0, 0.05) is 43.4 Å². The monoisotopic (exact) mass is 275 g/mol. The van der Waals surface area contributed by atoms with E-state index < -0.39 is 6.10 Å². The van der Waals surface area contributed by atoms with Crippen molar-refractivity contribution in [1.82, 2.24) is 14.9 Å². The van der Waals surface area contributed by atoms with Crippen LogP contribution < -0.4 is 0 Å². The maximum absolute atomic E-state index is 12.5. The van der Waals surface area contributed by atoms with E-state index in [9.17, 15) is 9.90 Å². The number of piperidine rings is 1. The summed E-state index contributed by atoms with van der Waals surface area (Å²) in [6.07, 6.45) is 3.28. The lowest BCUT2D eigenvalue weighted by atomic mass is 9.94. The first-order valence-corrected chi connectivity index (χ1v) is 6.71. The number of carbonyl (C=O) groups is 1. The van der Waals surface area contributed by atoms with Gasteiger partial charge >= 0.3 is 0 Å². The van der Waals surface area contributed by atoms with Crippen LogP contribution in [0.1, 0.15) is 16.8 Å². The number of fused-ring (bicyclic) bond motifs is 1. The Labute approximate surface area is 116 Å². The van der Waals surface area contributed by atoms with Gasteiger partial charge in [0.25, 0.3) is 5.91 Å². The number of aliphatic hydroxyl groups is 2. The number of amides is 1. The molecule has 106 valence electrons. The summed E-state index contributed by atoms with van der Waals surface area (Å²) < 4.78 is 0. The maximum Gasteiger partial charge on any atom is 0.256 e. The molecule has 0 spiro atoms. The van der Waals surface area contributed by atoms with Crippen molar-refractivity contribution in [3.8, 4) is 0 Å². The highest BCUT2D eigenvalue weighted by Crippen LogP contribution is 2.22. The summed E-state index contributed by atoms with van der Waals surface area (Å²) in [7, 11) is 0. The van der Waals surface area contributed by atoms with Crippen molar-refractivity contribution < 1.29 is 15.0 Å². The van der Waals surface area contributed by atoms with Crippen LogP contribution in [0, 0.1) is 5.92 Å². The normalized spacial score (nSPS) is 23.2. The summed E-state index contributed by atoms with van der Waals surface area (Å²) in [5, 5.41) is 19.8. The number of aromatic nitrogens is 2. The molecule has 0 aliphatic carbocycles. The number of likely N-dealkylation sites (tertiary alicyclic amines) is 1. The topological polar surface area (TPSA) is 89.5 Å². The fourth-order valence-corrected chi connectivity index (χ4v) is 2.68. The molecule has 0 aromatic carbocycles. The second-order valence-electron chi connectivity index (χ2n) is 5.15. The minimum atomic E-state index is -0.666. The Bertz CT molecular complexity index is 625. The van der Waals surface area contributed by atoms with Crippen LogP contribution in [-0.4, -0.2) is 56.8 Å². The molecule has 6 nitrogen and oxygen atoms in total. The van der Waals surface area contributed by atoms with E-state index in [4.69, 9.17) is 5.11 Å². The molecule has 1 aliphatic heterocycles. The second-order valence-corrected chi connectivity index (χ2v) is 5.15. The van der Waals surface area contributed by atoms with Gasteiger partial charge in [-0.2, -0.15) is 0 Å². The number of nitrogens with zero attached hydrogens (tertiary/aromatic N) is 2. The highest BCUT2D eigenvalue weighted by atomic mass is 16.3. The molecule has 0 radical (unpaired) electrons. The van der Waals surface area contributed by atoms with Crippen molar-refractivity contribution >= 4 is 16.9 Å². The molecule has 3 rings (SSSR count). The van der Waals surface area contributed by atoms with Crippen LogP contribution in [0.3, 0.4) is 0 Å². The van der Waals surface area contributed by atoms with E-state index in [1.165, 1.54) is 0 Å². The van der Waals surface area contributed by atoms with Crippen LogP contribution in [-0.2, 0) is 0 Å². The van der Waals surface area contributed by atoms with Gasteiger partial charge in [-0.3, -0.25) is 4.79 Å². The van der Waals surface area contributed by atoms with Crippen molar-refractivity contribution in [3.05, 3.63) is 30.1 Å². The predicted molar refractivity (Wildman–Crippen MR) is 73.2 cm³/mol. The minimum Gasteiger partial charge on any atom is -0.396 e. The first-order valence-electron chi connectivity index (χ1n) is 6.71. The summed E-state index contributed by atoms with van der Waals surface area (Å²) in [6, 6.07) is 3.64. The van der Waals surface area contributed by atoms with E-state index in [0.29, 0.717) is 24.2 Å². The van der Waals surface area contributed by atoms with Crippen LogP contribution in [0.2, 0.25) is 0 Å².